The van der Waals surface area contributed by atoms with Crippen molar-refractivity contribution in [3.05, 3.63) is 35.8 Å². The second-order valence-corrected chi connectivity index (χ2v) is 2.30. The van der Waals surface area contributed by atoms with Gasteiger partial charge >= 0.3 is 0 Å². The summed E-state index contributed by atoms with van der Waals surface area (Å²) in [6.07, 6.45) is 6.29. The van der Waals surface area contributed by atoms with Crippen LogP contribution >= 0.6 is 0 Å². The van der Waals surface area contributed by atoms with Gasteiger partial charge < -0.3 is 15.3 Å². The molecule has 0 unspecified atom stereocenters. The molecule has 64 valence electrons. The Morgan fingerprint density at radius 3 is 2.50 bits per heavy atom. The summed E-state index contributed by atoms with van der Waals surface area (Å²) in [6, 6.07) is 0. The van der Waals surface area contributed by atoms with Crippen molar-refractivity contribution in [2.24, 2.45) is 0 Å². The highest BCUT2D eigenvalue weighted by Gasteiger charge is 1.96. The van der Waals surface area contributed by atoms with Crippen molar-refractivity contribution < 1.29 is 9.84 Å². The van der Waals surface area contributed by atoms with Crippen LogP contribution in [0.3, 0.4) is 0 Å². The van der Waals surface area contributed by atoms with Gasteiger partial charge in [-0.2, -0.15) is 0 Å². The quantitative estimate of drug-likeness (QED) is 0.612. The number of hydrogen-bond acceptors (Lipinski definition) is 3. The highest BCUT2D eigenvalue weighted by atomic mass is 16.6. The summed E-state index contributed by atoms with van der Waals surface area (Å²) in [5.74, 6) is -0.336. The Balaban J connectivity index is 2.77. The van der Waals surface area contributed by atoms with Gasteiger partial charge in [-0.15, -0.1) is 0 Å². The van der Waals surface area contributed by atoms with E-state index in [0.29, 0.717) is 17.9 Å². The van der Waals surface area contributed by atoms with E-state index < -0.39 is 0 Å². The molecular weight excluding hydrogens is 154 g/mol. The van der Waals surface area contributed by atoms with Crippen molar-refractivity contribution in [3.63, 3.8) is 0 Å². The van der Waals surface area contributed by atoms with E-state index in [-0.39, 0.29) is 5.95 Å². The van der Waals surface area contributed by atoms with Gasteiger partial charge in [0, 0.05) is 0 Å². The molecule has 0 bridgehead atoms. The maximum absolute atomic E-state index is 11.1. The van der Waals surface area contributed by atoms with E-state index in [9.17, 15) is 5.11 Å². The molecule has 0 aromatic carbocycles. The number of ether oxygens (including phenoxy) is 1. The van der Waals surface area contributed by atoms with Crippen LogP contribution in [0.15, 0.2) is 35.8 Å². The Bertz CT molecular complexity index is 256. The topological polar surface area (TPSA) is 56.1 Å². The minimum absolute atomic E-state index is 0.336. The van der Waals surface area contributed by atoms with Crippen LogP contribution < -0.4 is 5.11 Å². The number of allylic oxidation sites excluding steroid dienone is 5. The van der Waals surface area contributed by atoms with Crippen LogP contribution in [0.25, 0.3) is 0 Å². The smallest absolute Gasteiger partial charge is 0.0587 e. The number of nitrogens with one attached hydrogen (secondary N) is 1. The van der Waals surface area contributed by atoms with Gasteiger partial charge in [-0.05, 0) is 24.3 Å². The summed E-state index contributed by atoms with van der Waals surface area (Å²) < 4.78 is 4.77. The second-order valence-electron chi connectivity index (χ2n) is 2.30. The average molecular weight is 164 g/mol. The first-order valence-corrected chi connectivity index (χ1v) is 3.73. The Labute approximate surface area is 71.2 Å². The van der Waals surface area contributed by atoms with Crippen LogP contribution in [-0.4, -0.2) is 12.3 Å². The van der Waals surface area contributed by atoms with E-state index in [0.717, 1.165) is 0 Å². The largest absolute Gasteiger partial charge is 0.613 e. The third-order valence-corrected chi connectivity index (χ3v) is 1.40. The first-order valence-electron chi connectivity index (χ1n) is 3.73. The minimum Gasteiger partial charge on any atom is -0.613 e. The normalized spacial score (nSPS) is 15.1. The van der Waals surface area contributed by atoms with Crippen molar-refractivity contribution in [3.8, 4) is 0 Å². The SMILES string of the molecule is CCOC([O-])=C1C=CC(=N)C=C1. The van der Waals surface area contributed by atoms with Crippen molar-refractivity contribution in [1.82, 2.24) is 0 Å². The highest BCUT2D eigenvalue weighted by molar-refractivity contribution is 6.03. The van der Waals surface area contributed by atoms with Crippen molar-refractivity contribution in [2.45, 2.75) is 6.92 Å². The fraction of sp³-hybridized carbons (Fsp3) is 0.222. The van der Waals surface area contributed by atoms with Crippen LogP contribution in [0.4, 0.5) is 0 Å². The van der Waals surface area contributed by atoms with Gasteiger partial charge in [-0.3, -0.25) is 0 Å². The minimum atomic E-state index is -0.336. The van der Waals surface area contributed by atoms with Gasteiger partial charge in [0.15, 0.2) is 0 Å². The molecule has 3 heteroatoms. The van der Waals surface area contributed by atoms with Crippen LogP contribution in [0.2, 0.25) is 0 Å². The molecule has 1 aliphatic rings. The molecule has 12 heavy (non-hydrogen) atoms. The summed E-state index contributed by atoms with van der Waals surface area (Å²) in [7, 11) is 0. The standard InChI is InChI=1S/C9H11NO2/c1-2-12-9(11)7-3-5-8(10)6-4-7/h3-6,10-11H,2H2,1H3/p-1. The molecule has 0 aromatic heterocycles. The van der Waals surface area contributed by atoms with Gasteiger partial charge in [0.25, 0.3) is 0 Å². The molecular formula is C9H10NO2-. The molecule has 0 saturated heterocycles. The summed E-state index contributed by atoms with van der Waals surface area (Å²) in [4.78, 5) is 0. The van der Waals surface area contributed by atoms with E-state index in [1.165, 1.54) is 0 Å². The summed E-state index contributed by atoms with van der Waals surface area (Å²) in [5, 5.41) is 18.3. The van der Waals surface area contributed by atoms with E-state index in [1.54, 1.807) is 31.2 Å². The molecule has 0 fully saturated rings. The van der Waals surface area contributed by atoms with Crippen LogP contribution in [0.1, 0.15) is 6.92 Å². The third kappa shape index (κ3) is 1.99. The highest BCUT2D eigenvalue weighted by Crippen LogP contribution is 2.09. The molecule has 0 atom stereocenters. The predicted octanol–water partition coefficient (Wildman–Crippen LogP) is 0.741. The third-order valence-electron chi connectivity index (χ3n) is 1.40. The maximum atomic E-state index is 11.1. The van der Waals surface area contributed by atoms with E-state index >= 15 is 0 Å². The molecule has 3 nitrogen and oxygen atoms in total. The average Bonchev–Trinajstić information content (AvgIpc) is 2.06. The van der Waals surface area contributed by atoms with E-state index in [4.69, 9.17) is 10.1 Å². The zero-order valence-corrected chi connectivity index (χ0v) is 6.83. The molecule has 0 heterocycles. The van der Waals surface area contributed by atoms with Gasteiger partial charge in [0.1, 0.15) is 0 Å². The van der Waals surface area contributed by atoms with E-state index in [1.807, 2.05) is 0 Å². The van der Waals surface area contributed by atoms with Crippen LogP contribution in [0, 0.1) is 5.41 Å². The molecule has 1 rings (SSSR count). The predicted molar refractivity (Wildman–Crippen MR) is 44.7 cm³/mol. The number of rotatable bonds is 2. The van der Waals surface area contributed by atoms with Gasteiger partial charge in [-0.1, -0.05) is 19.1 Å². The fourth-order valence-electron chi connectivity index (χ4n) is 0.821. The molecule has 0 spiro atoms. The zero-order chi connectivity index (χ0) is 8.97. The van der Waals surface area contributed by atoms with Gasteiger partial charge in [0.05, 0.1) is 11.7 Å². The Morgan fingerprint density at radius 2 is 2.00 bits per heavy atom. The maximum Gasteiger partial charge on any atom is 0.0587 e. The first kappa shape index (κ1) is 8.59. The number of hydrogen-bond donors (Lipinski definition) is 1. The lowest BCUT2D eigenvalue weighted by molar-refractivity contribution is -0.357. The van der Waals surface area contributed by atoms with Crippen molar-refractivity contribution in [2.75, 3.05) is 6.61 Å². The zero-order valence-electron chi connectivity index (χ0n) is 6.83. The first-order chi connectivity index (χ1) is 5.74. The van der Waals surface area contributed by atoms with Crippen LogP contribution in [-0.2, 0) is 4.74 Å². The Hall–Kier alpha value is -1.51. The van der Waals surface area contributed by atoms with Gasteiger partial charge in [-0.25, -0.2) is 0 Å². The lowest BCUT2D eigenvalue weighted by atomic mass is 10.1. The summed E-state index contributed by atoms with van der Waals surface area (Å²) >= 11 is 0. The van der Waals surface area contributed by atoms with Gasteiger partial charge in [0.2, 0.25) is 0 Å². The summed E-state index contributed by atoms with van der Waals surface area (Å²) in [6.45, 7) is 2.14. The van der Waals surface area contributed by atoms with Crippen molar-refractivity contribution in [1.29, 1.82) is 5.41 Å². The summed E-state index contributed by atoms with van der Waals surface area (Å²) in [5.41, 5.74) is 0.885. The molecule has 0 aliphatic heterocycles. The fourth-order valence-corrected chi connectivity index (χ4v) is 0.821. The molecule has 0 saturated carbocycles. The Kier molecular flexibility index (Phi) is 2.69. The monoisotopic (exact) mass is 164 g/mol. The molecule has 0 amide bonds. The molecule has 0 radical (unpaired) electrons. The lowest BCUT2D eigenvalue weighted by Gasteiger charge is -2.15. The Morgan fingerprint density at radius 1 is 1.42 bits per heavy atom. The van der Waals surface area contributed by atoms with E-state index in [2.05, 4.69) is 0 Å². The molecule has 1 N–H and O–H groups in total. The molecule has 1 aliphatic carbocycles. The lowest BCUT2D eigenvalue weighted by Crippen LogP contribution is -2.11. The van der Waals surface area contributed by atoms with Crippen LogP contribution in [0.5, 0.6) is 0 Å². The molecule has 0 aromatic rings. The second kappa shape index (κ2) is 3.76. The van der Waals surface area contributed by atoms with Crippen molar-refractivity contribution >= 4 is 5.71 Å².